The summed E-state index contributed by atoms with van der Waals surface area (Å²) in [7, 11) is 1.70. The van der Waals surface area contributed by atoms with Gasteiger partial charge in [-0.2, -0.15) is 0 Å². The maximum Gasteiger partial charge on any atom is 0.586 e. The number of hydrogen-bond donors (Lipinski definition) is 2. The molecule has 4 unspecified atom stereocenters. The predicted octanol–water partition coefficient (Wildman–Crippen LogP) is 1.88. The van der Waals surface area contributed by atoms with Crippen molar-refractivity contribution in [2.45, 2.75) is 37.8 Å². The van der Waals surface area contributed by atoms with Crippen LogP contribution in [0.15, 0.2) is 18.2 Å². The molecule has 0 spiro atoms. The Bertz CT molecular complexity index is 646. The third-order valence-corrected chi connectivity index (χ3v) is 5.37. The molecular weight excluding hydrogens is 332 g/mol. The average Bonchev–Trinajstić information content (AvgIpc) is 3.13. The molecule has 3 aliphatic heterocycles. The standard InChI is InChI=1S/C17H23F2N3O3/c1-10(9-23-2)22-7-6-13-12(8-22)15(21-20-13)11-4-3-5-14-16(11)25-17(18,19)24-14/h3-5,10,12-13,15,20-21H,6-9H2,1-2H3. The number of hydrogen-bond acceptors (Lipinski definition) is 6. The molecule has 0 radical (unpaired) electrons. The second-order valence-electron chi connectivity index (χ2n) is 6.97. The average molecular weight is 355 g/mol. The van der Waals surface area contributed by atoms with Crippen LogP contribution in [0.25, 0.3) is 0 Å². The smallest absolute Gasteiger partial charge is 0.395 e. The molecule has 1 aromatic rings. The van der Waals surface area contributed by atoms with Gasteiger partial charge >= 0.3 is 6.29 Å². The van der Waals surface area contributed by atoms with Gasteiger partial charge in [0.25, 0.3) is 0 Å². The zero-order valence-corrected chi connectivity index (χ0v) is 14.3. The van der Waals surface area contributed by atoms with Crippen molar-refractivity contribution in [1.82, 2.24) is 15.8 Å². The van der Waals surface area contributed by atoms with E-state index in [9.17, 15) is 8.78 Å². The van der Waals surface area contributed by atoms with Gasteiger partial charge in [0.2, 0.25) is 0 Å². The van der Waals surface area contributed by atoms with E-state index in [2.05, 4.69) is 27.4 Å². The molecule has 4 rings (SSSR count). The second-order valence-corrected chi connectivity index (χ2v) is 6.97. The van der Waals surface area contributed by atoms with Gasteiger partial charge in [-0.1, -0.05) is 12.1 Å². The molecule has 4 atom stereocenters. The highest BCUT2D eigenvalue weighted by Crippen LogP contribution is 2.47. The number of halogens is 2. The molecule has 0 aromatic heterocycles. The quantitative estimate of drug-likeness (QED) is 0.860. The van der Waals surface area contributed by atoms with E-state index >= 15 is 0 Å². The number of likely N-dealkylation sites (tertiary alicyclic amines) is 1. The number of hydrazine groups is 1. The molecule has 3 heterocycles. The maximum absolute atomic E-state index is 13.5. The van der Waals surface area contributed by atoms with Crippen molar-refractivity contribution in [1.29, 1.82) is 0 Å². The molecular formula is C17H23F2N3O3. The third kappa shape index (κ3) is 3.08. The number of fused-ring (bicyclic) bond motifs is 2. The topological polar surface area (TPSA) is 55.0 Å². The highest BCUT2D eigenvalue weighted by molar-refractivity contribution is 5.50. The minimum absolute atomic E-state index is 0.0909. The molecule has 138 valence electrons. The summed E-state index contributed by atoms with van der Waals surface area (Å²) in [5, 5.41) is 0. The highest BCUT2D eigenvalue weighted by Gasteiger charge is 2.48. The first-order valence-electron chi connectivity index (χ1n) is 8.61. The Hall–Kier alpha value is -1.48. The lowest BCUT2D eigenvalue weighted by Gasteiger charge is -2.39. The van der Waals surface area contributed by atoms with Gasteiger partial charge in [-0.25, -0.2) is 5.43 Å². The van der Waals surface area contributed by atoms with Gasteiger partial charge in [-0.05, 0) is 19.4 Å². The zero-order valence-electron chi connectivity index (χ0n) is 14.3. The summed E-state index contributed by atoms with van der Waals surface area (Å²) in [5.41, 5.74) is 7.30. The molecule has 0 saturated carbocycles. The molecule has 3 aliphatic rings. The lowest BCUT2D eigenvalue weighted by molar-refractivity contribution is -0.287. The first-order chi connectivity index (χ1) is 12.0. The monoisotopic (exact) mass is 355 g/mol. The number of para-hydroxylation sites is 1. The van der Waals surface area contributed by atoms with Gasteiger partial charge in [0.15, 0.2) is 11.5 Å². The fourth-order valence-corrected chi connectivity index (χ4v) is 4.12. The van der Waals surface area contributed by atoms with Gasteiger partial charge in [0.1, 0.15) is 0 Å². The van der Waals surface area contributed by atoms with Crippen LogP contribution >= 0.6 is 0 Å². The Labute approximate surface area is 145 Å². The van der Waals surface area contributed by atoms with Crippen LogP contribution in [-0.2, 0) is 4.74 Å². The van der Waals surface area contributed by atoms with Crippen molar-refractivity contribution in [3.05, 3.63) is 23.8 Å². The Morgan fingerprint density at radius 3 is 3.00 bits per heavy atom. The van der Waals surface area contributed by atoms with Crippen molar-refractivity contribution < 1.29 is 23.0 Å². The van der Waals surface area contributed by atoms with E-state index < -0.39 is 6.29 Å². The summed E-state index contributed by atoms with van der Waals surface area (Å²) in [6, 6.07) is 5.56. The van der Waals surface area contributed by atoms with Crippen LogP contribution in [0.4, 0.5) is 8.78 Å². The molecule has 6 nitrogen and oxygen atoms in total. The predicted molar refractivity (Wildman–Crippen MR) is 86.5 cm³/mol. The van der Waals surface area contributed by atoms with Gasteiger partial charge < -0.3 is 14.2 Å². The molecule has 0 aliphatic carbocycles. The van der Waals surface area contributed by atoms with E-state index in [1.54, 1.807) is 13.2 Å². The lowest BCUT2D eigenvalue weighted by Crippen LogP contribution is -2.49. The largest absolute Gasteiger partial charge is 0.586 e. The minimum atomic E-state index is -3.60. The first kappa shape index (κ1) is 17.0. The van der Waals surface area contributed by atoms with Crippen LogP contribution in [-0.4, -0.2) is 50.1 Å². The molecule has 8 heteroatoms. The number of nitrogens with zero attached hydrogens (tertiary/aromatic N) is 1. The van der Waals surface area contributed by atoms with Crippen LogP contribution in [0.3, 0.4) is 0 Å². The number of alkyl halides is 2. The summed E-state index contributed by atoms with van der Waals surface area (Å²) in [4.78, 5) is 2.39. The zero-order chi connectivity index (χ0) is 17.6. The summed E-state index contributed by atoms with van der Waals surface area (Å²) in [6.45, 7) is 4.66. The Morgan fingerprint density at radius 1 is 1.36 bits per heavy atom. The van der Waals surface area contributed by atoms with Crippen LogP contribution in [0.2, 0.25) is 0 Å². The number of methoxy groups -OCH3 is 1. The molecule has 2 fully saturated rings. The van der Waals surface area contributed by atoms with Crippen LogP contribution in [0, 0.1) is 5.92 Å². The van der Waals surface area contributed by atoms with Crippen LogP contribution < -0.4 is 20.3 Å². The highest BCUT2D eigenvalue weighted by atomic mass is 19.3. The van der Waals surface area contributed by atoms with Crippen molar-refractivity contribution in [3.63, 3.8) is 0 Å². The number of benzene rings is 1. The molecule has 2 N–H and O–H groups in total. The van der Waals surface area contributed by atoms with Crippen LogP contribution in [0.5, 0.6) is 11.5 Å². The van der Waals surface area contributed by atoms with Crippen molar-refractivity contribution in [2.24, 2.45) is 5.92 Å². The number of ether oxygens (including phenoxy) is 3. The maximum atomic E-state index is 13.5. The molecule has 1 aromatic carbocycles. The number of piperidine rings is 1. The minimum Gasteiger partial charge on any atom is -0.395 e. The normalized spacial score (nSPS) is 31.8. The molecule has 2 saturated heterocycles. The summed E-state index contributed by atoms with van der Waals surface area (Å²) < 4.78 is 41.6. The van der Waals surface area contributed by atoms with Gasteiger partial charge in [-0.3, -0.25) is 10.3 Å². The summed E-state index contributed by atoms with van der Waals surface area (Å²) >= 11 is 0. The summed E-state index contributed by atoms with van der Waals surface area (Å²) in [5.74, 6) is 0.472. The Morgan fingerprint density at radius 2 is 2.20 bits per heavy atom. The van der Waals surface area contributed by atoms with Gasteiger partial charge in [0.05, 0.1) is 12.6 Å². The van der Waals surface area contributed by atoms with E-state index in [0.717, 1.165) is 19.5 Å². The Kier molecular flexibility index (Phi) is 4.31. The van der Waals surface area contributed by atoms with Gasteiger partial charge in [-0.15, -0.1) is 8.78 Å². The van der Waals surface area contributed by atoms with Crippen LogP contribution in [0.1, 0.15) is 24.9 Å². The SMILES string of the molecule is COCC(C)N1CCC2NNC(c3cccc4c3OC(F)(F)O4)C2C1. The molecule has 0 bridgehead atoms. The summed E-state index contributed by atoms with van der Waals surface area (Å²) in [6.07, 6.45) is -2.61. The number of nitrogens with one attached hydrogen (secondary N) is 2. The van der Waals surface area contributed by atoms with Crippen molar-refractivity contribution >= 4 is 0 Å². The lowest BCUT2D eigenvalue weighted by atomic mass is 9.84. The second kappa shape index (κ2) is 6.35. The fourth-order valence-electron chi connectivity index (χ4n) is 4.12. The third-order valence-electron chi connectivity index (χ3n) is 5.37. The van der Waals surface area contributed by atoms with Crippen molar-refractivity contribution in [3.8, 4) is 11.5 Å². The molecule has 0 amide bonds. The first-order valence-corrected chi connectivity index (χ1v) is 8.61. The number of rotatable bonds is 4. The van der Waals surface area contributed by atoms with E-state index in [-0.39, 0.29) is 23.5 Å². The molecule has 25 heavy (non-hydrogen) atoms. The van der Waals surface area contributed by atoms with Crippen molar-refractivity contribution in [2.75, 3.05) is 26.8 Å². The van der Waals surface area contributed by atoms with E-state index in [4.69, 9.17) is 9.47 Å². The fraction of sp³-hybridized carbons (Fsp3) is 0.647. The van der Waals surface area contributed by atoms with Gasteiger partial charge in [0, 0.05) is 43.8 Å². The van der Waals surface area contributed by atoms with E-state index in [0.29, 0.717) is 24.3 Å². The van der Waals surface area contributed by atoms with E-state index in [1.165, 1.54) is 6.07 Å². The van der Waals surface area contributed by atoms with E-state index in [1.807, 2.05) is 6.07 Å². The Balaban J connectivity index is 1.57.